The molecule has 0 aliphatic rings. The Bertz CT molecular complexity index is 611. The van der Waals surface area contributed by atoms with E-state index in [4.69, 9.17) is 4.74 Å². The molecule has 0 aliphatic carbocycles. The molecule has 0 spiro atoms. The van der Waals surface area contributed by atoms with Gasteiger partial charge in [-0.15, -0.1) is 0 Å². The van der Waals surface area contributed by atoms with Gasteiger partial charge in [0.15, 0.2) is 11.6 Å². The molecule has 0 fully saturated rings. The topological polar surface area (TPSA) is 21.3 Å². The molecule has 0 aromatic heterocycles. The monoisotopic (exact) mass is 295 g/mol. The highest BCUT2D eigenvalue weighted by molar-refractivity contribution is 5.31. The second kappa shape index (κ2) is 6.63. The number of ether oxygens (including phenoxy) is 1. The van der Waals surface area contributed by atoms with Crippen molar-refractivity contribution in [3.63, 3.8) is 0 Å². The smallest absolute Gasteiger partial charge is 0.165 e. The molecular formula is C16H16F3NO. The first-order chi connectivity index (χ1) is 10.0. The molecule has 0 saturated carbocycles. The zero-order chi connectivity index (χ0) is 15.4. The lowest BCUT2D eigenvalue weighted by Gasteiger charge is -2.16. The van der Waals surface area contributed by atoms with Crippen LogP contribution in [0.15, 0.2) is 36.4 Å². The molecule has 2 nitrogen and oxygen atoms in total. The van der Waals surface area contributed by atoms with Crippen LogP contribution in [0.25, 0.3) is 0 Å². The predicted molar refractivity (Wildman–Crippen MR) is 74.6 cm³/mol. The first kappa shape index (κ1) is 15.4. The van der Waals surface area contributed by atoms with Crippen molar-refractivity contribution in [3.8, 4) is 5.75 Å². The van der Waals surface area contributed by atoms with E-state index < -0.39 is 17.5 Å². The van der Waals surface area contributed by atoms with E-state index in [2.05, 4.69) is 5.32 Å². The minimum Gasteiger partial charge on any atom is -0.494 e. The van der Waals surface area contributed by atoms with Gasteiger partial charge in [0.25, 0.3) is 0 Å². The van der Waals surface area contributed by atoms with Crippen LogP contribution in [-0.4, -0.2) is 7.11 Å². The van der Waals surface area contributed by atoms with Crippen LogP contribution in [0.3, 0.4) is 0 Å². The highest BCUT2D eigenvalue weighted by atomic mass is 19.1. The fourth-order valence-electron chi connectivity index (χ4n) is 2.03. The molecule has 0 heterocycles. The summed E-state index contributed by atoms with van der Waals surface area (Å²) < 4.78 is 45.5. The number of nitrogens with one attached hydrogen (secondary N) is 1. The number of hydrogen-bond acceptors (Lipinski definition) is 2. The first-order valence-electron chi connectivity index (χ1n) is 6.52. The van der Waals surface area contributed by atoms with Crippen LogP contribution < -0.4 is 10.1 Å². The maximum atomic E-state index is 13.6. The third-order valence-electron chi connectivity index (χ3n) is 3.32. The van der Waals surface area contributed by atoms with E-state index in [1.54, 1.807) is 13.0 Å². The lowest BCUT2D eigenvalue weighted by atomic mass is 10.1. The second-order valence-electron chi connectivity index (χ2n) is 4.70. The molecule has 1 unspecified atom stereocenters. The number of halogens is 3. The maximum absolute atomic E-state index is 13.6. The van der Waals surface area contributed by atoms with Gasteiger partial charge < -0.3 is 10.1 Å². The number of hydrogen-bond donors (Lipinski definition) is 1. The van der Waals surface area contributed by atoms with Crippen molar-refractivity contribution in [3.05, 3.63) is 65.0 Å². The van der Waals surface area contributed by atoms with Crippen molar-refractivity contribution in [1.82, 2.24) is 5.32 Å². The van der Waals surface area contributed by atoms with Gasteiger partial charge in [-0.2, -0.15) is 0 Å². The summed E-state index contributed by atoms with van der Waals surface area (Å²) >= 11 is 0. The molecule has 2 aromatic rings. The number of benzene rings is 2. The molecule has 0 bridgehead atoms. The van der Waals surface area contributed by atoms with E-state index in [0.29, 0.717) is 5.56 Å². The summed E-state index contributed by atoms with van der Waals surface area (Å²) in [7, 11) is 1.39. The van der Waals surface area contributed by atoms with Crippen molar-refractivity contribution < 1.29 is 17.9 Å². The average molecular weight is 295 g/mol. The van der Waals surface area contributed by atoms with E-state index in [1.807, 2.05) is 0 Å². The van der Waals surface area contributed by atoms with Crippen LogP contribution in [0, 0.1) is 17.5 Å². The average Bonchev–Trinajstić information content (AvgIpc) is 2.46. The van der Waals surface area contributed by atoms with Crippen LogP contribution in [0.4, 0.5) is 13.2 Å². The fourth-order valence-corrected chi connectivity index (χ4v) is 2.03. The van der Waals surface area contributed by atoms with Gasteiger partial charge in [0.1, 0.15) is 11.6 Å². The highest BCUT2D eigenvalue weighted by Crippen LogP contribution is 2.22. The third-order valence-corrected chi connectivity index (χ3v) is 3.32. The minimum atomic E-state index is -0.601. The normalized spacial score (nSPS) is 12.2. The molecule has 2 aromatic carbocycles. The third kappa shape index (κ3) is 3.55. The summed E-state index contributed by atoms with van der Waals surface area (Å²) in [4.78, 5) is 0. The van der Waals surface area contributed by atoms with E-state index in [0.717, 1.165) is 0 Å². The van der Waals surface area contributed by atoms with Crippen LogP contribution >= 0.6 is 0 Å². The summed E-state index contributed by atoms with van der Waals surface area (Å²) in [6, 6.07) is 8.04. The zero-order valence-electron chi connectivity index (χ0n) is 11.8. The molecule has 0 radical (unpaired) electrons. The van der Waals surface area contributed by atoms with Crippen molar-refractivity contribution in [1.29, 1.82) is 0 Å². The quantitative estimate of drug-likeness (QED) is 0.901. The van der Waals surface area contributed by atoms with Gasteiger partial charge in [0.2, 0.25) is 0 Å². The van der Waals surface area contributed by atoms with Gasteiger partial charge in [-0.1, -0.05) is 12.1 Å². The van der Waals surface area contributed by atoms with Gasteiger partial charge in [-0.05, 0) is 36.8 Å². The molecule has 112 valence electrons. The van der Waals surface area contributed by atoms with Crippen molar-refractivity contribution in [2.24, 2.45) is 0 Å². The molecular weight excluding hydrogens is 279 g/mol. The summed E-state index contributed by atoms with van der Waals surface area (Å²) in [5.74, 6) is -1.52. The molecule has 1 atom stereocenters. The lowest BCUT2D eigenvalue weighted by molar-refractivity contribution is 0.385. The Morgan fingerprint density at radius 3 is 2.29 bits per heavy atom. The van der Waals surface area contributed by atoms with Crippen LogP contribution in [0.1, 0.15) is 24.1 Å². The maximum Gasteiger partial charge on any atom is 0.165 e. The Labute approximate surface area is 121 Å². The van der Waals surface area contributed by atoms with Gasteiger partial charge >= 0.3 is 0 Å². The molecule has 1 N–H and O–H groups in total. The number of rotatable bonds is 5. The van der Waals surface area contributed by atoms with Gasteiger partial charge in [-0.25, -0.2) is 13.2 Å². The number of methoxy groups -OCH3 is 1. The van der Waals surface area contributed by atoms with E-state index >= 15 is 0 Å². The minimum absolute atomic E-state index is 0.0212. The largest absolute Gasteiger partial charge is 0.494 e. The lowest BCUT2D eigenvalue weighted by Crippen LogP contribution is -2.19. The standard InChI is InChI=1S/C16H16F3NO/c1-10(11-6-7-16(21-2)15(19)8-11)20-9-12-13(17)4-3-5-14(12)18/h3-8,10,20H,9H2,1-2H3. The summed E-state index contributed by atoms with van der Waals surface area (Å²) in [6.45, 7) is 1.81. The Kier molecular flexibility index (Phi) is 4.85. The SMILES string of the molecule is COc1ccc(C(C)NCc2c(F)cccc2F)cc1F. The molecule has 2 rings (SSSR count). The van der Waals surface area contributed by atoms with Crippen LogP contribution in [-0.2, 0) is 6.54 Å². The predicted octanol–water partition coefficient (Wildman–Crippen LogP) is 3.96. The molecule has 0 aliphatic heterocycles. The molecule has 0 amide bonds. The highest BCUT2D eigenvalue weighted by Gasteiger charge is 2.12. The van der Waals surface area contributed by atoms with E-state index in [9.17, 15) is 13.2 Å². The van der Waals surface area contributed by atoms with Crippen molar-refractivity contribution in [2.75, 3.05) is 7.11 Å². The van der Waals surface area contributed by atoms with Crippen molar-refractivity contribution >= 4 is 0 Å². The summed E-state index contributed by atoms with van der Waals surface area (Å²) in [6.07, 6.45) is 0. The summed E-state index contributed by atoms with van der Waals surface area (Å²) in [5.41, 5.74) is 0.642. The molecule has 5 heteroatoms. The Morgan fingerprint density at radius 2 is 1.71 bits per heavy atom. The van der Waals surface area contributed by atoms with Crippen LogP contribution in [0.5, 0.6) is 5.75 Å². The first-order valence-corrected chi connectivity index (χ1v) is 6.52. The van der Waals surface area contributed by atoms with Gasteiger partial charge in [0, 0.05) is 18.2 Å². The fraction of sp³-hybridized carbons (Fsp3) is 0.250. The second-order valence-corrected chi connectivity index (χ2v) is 4.70. The van der Waals surface area contributed by atoms with E-state index in [1.165, 1.54) is 37.4 Å². The van der Waals surface area contributed by atoms with Crippen molar-refractivity contribution in [2.45, 2.75) is 19.5 Å². The Balaban J connectivity index is 2.08. The zero-order valence-corrected chi connectivity index (χ0v) is 11.8. The van der Waals surface area contributed by atoms with Gasteiger partial charge in [0.05, 0.1) is 7.11 Å². The Hall–Kier alpha value is -2.01. The van der Waals surface area contributed by atoms with Gasteiger partial charge in [-0.3, -0.25) is 0 Å². The van der Waals surface area contributed by atoms with E-state index in [-0.39, 0.29) is 23.9 Å². The summed E-state index contributed by atoms with van der Waals surface area (Å²) in [5, 5.41) is 2.97. The Morgan fingerprint density at radius 1 is 1.05 bits per heavy atom. The molecule has 21 heavy (non-hydrogen) atoms. The van der Waals surface area contributed by atoms with Crippen LogP contribution in [0.2, 0.25) is 0 Å². The molecule has 0 saturated heterocycles.